The van der Waals surface area contributed by atoms with Gasteiger partial charge in [0.2, 0.25) is 23.6 Å². The number of carbonyl (C=O) groups is 4. The summed E-state index contributed by atoms with van der Waals surface area (Å²) >= 11 is 1.50. The molecule has 1 aromatic heterocycles. The van der Waals surface area contributed by atoms with Crippen LogP contribution in [-0.2, 0) is 25.7 Å². The van der Waals surface area contributed by atoms with Crippen molar-refractivity contribution >= 4 is 40.7 Å². The van der Waals surface area contributed by atoms with E-state index in [4.69, 9.17) is 4.74 Å². The lowest BCUT2D eigenvalue weighted by Gasteiger charge is -2.49. The molecule has 3 aromatic rings. The minimum Gasteiger partial charge on any atom is -0.504 e. The molecule has 6 atom stereocenters. The van der Waals surface area contributed by atoms with Gasteiger partial charge in [0.1, 0.15) is 0 Å². The molecule has 2 aromatic carbocycles. The highest BCUT2D eigenvalue weighted by molar-refractivity contribution is 7.09. The van der Waals surface area contributed by atoms with E-state index < -0.39 is 35.0 Å². The molecule has 8 nitrogen and oxygen atoms in total. The van der Waals surface area contributed by atoms with Gasteiger partial charge in [0.15, 0.2) is 11.5 Å². The van der Waals surface area contributed by atoms with Gasteiger partial charge in [0.25, 0.3) is 0 Å². The quantitative estimate of drug-likeness (QED) is 0.339. The number of aromatic hydroxyl groups is 1. The fraction of sp³-hybridized carbons (Fsp3) is 0.333. The molecular formula is C33H30N2O6S. The molecule has 42 heavy (non-hydrogen) atoms. The number of hydrogen-bond donors (Lipinski definition) is 1. The number of rotatable bonds is 5. The third-order valence-electron chi connectivity index (χ3n) is 9.81. The number of allylic oxidation sites excluding steroid dienone is 2. The summed E-state index contributed by atoms with van der Waals surface area (Å²) in [4.78, 5) is 59.6. The molecule has 0 radical (unpaired) electrons. The van der Waals surface area contributed by atoms with Crippen LogP contribution in [0.1, 0.15) is 36.1 Å². The Labute approximate surface area is 247 Å². The number of likely N-dealkylation sites (tertiary alicyclic amines) is 1. The van der Waals surface area contributed by atoms with Gasteiger partial charge in [-0.15, -0.1) is 11.3 Å². The molecule has 4 amide bonds. The van der Waals surface area contributed by atoms with Gasteiger partial charge in [-0.05, 0) is 67.0 Å². The van der Waals surface area contributed by atoms with Gasteiger partial charge in [-0.2, -0.15) is 0 Å². The van der Waals surface area contributed by atoms with Crippen LogP contribution in [0.5, 0.6) is 11.5 Å². The molecule has 0 unspecified atom stereocenters. The van der Waals surface area contributed by atoms with Crippen molar-refractivity contribution in [2.24, 2.45) is 29.1 Å². The van der Waals surface area contributed by atoms with Crippen LogP contribution in [0.15, 0.2) is 77.7 Å². The van der Waals surface area contributed by atoms with Gasteiger partial charge in [-0.1, -0.05) is 42.0 Å². The second kappa shape index (κ2) is 9.66. The molecule has 2 saturated heterocycles. The zero-order valence-corrected chi connectivity index (χ0v) is 24.0. The summed E-state index contributed by atoms with van der Waals surface area (Å²) in [6.45, 7) is 2.07. The predicted octanol–water partition coefficient (Wildman–Crippen LogP) is 4.89. The molecule has 4 aliphatic rings. The number of thiophene rings is 1. The molecule has 1 saturated carbocycles. The number of fused-ring (bicyclic) bond motifs is 4. The number of amides is 4. The number of para-hydroxylation sites is 1. The third-order valence-corrected chi connectivity index (χ3v) is 10.7. The van der Waals surface area contributed by atoms with E-state index in [-0.39, 0.29) is 35.9 Å². The van der Waals surface area contributed by atoms with Crippen LogP contribution in [-0.4, -0.2) is 40.7 Å². The van der Waals surface area contributed by atoms with Crippen LogP contribution in [0.3, 0.4) is 0 Å². The first-order valence-corrected chi connectivity index (χ1v) is 15.0. The molecular weight excluding hydrogens is 552 g/mol. The number of imide groups is 2. The van der Waals surface area contributed by atoms with E-state index in [1.54, 1.807) is 36.4 Å². The predicted molar refractivity (Wildman–Crippen MR) is 156 cm³/mol. The van der Waals surface area contributed by atoms with Crippen molar-refractivity contribution in [2.45, 2.75) is 32.2 Å². The van der Waals surface area contributed by atoms with Crippen molar-refractivity contribution in [3.05, 3.63) is 88.1 Å². The van der Waals surface area contributed by atoms with Crippen molar-refractivity contribution in [2.75, 3.05) is 12.0 Å². The number of nitrogens with zero attached hydrogens (tertiary/aromatic N) is 2. The molecule has 7 rings (SSSR count). The fourth-order valence-electron chi connectivity index (χ4n) is 7.88. The average Bonchev–Trinajstić information content (AvgIpc) is 3.64. The number of hydrogen-bond acceptors (Lipinski definition) is 7. The highest BCUT2D eigenvalue weighted by atomic mass is 32.1. The lowest BCUT2D eigenvalue weighted by atomic mass is 9.51. The summed E-state index contributed by atoms with van der Waals surface area (Å²) < 4.78 is 5.28. The van der Waals surface area contributed by atoms with Crippen LogP contribution in [0.25, 0.3) is 0 Å². The van der Waals surface area contributed by atoms with E-state index in [2.05, 4.69) is 0 Å². The minimum atomic E-state index is -1.16. The van der Waals surface area contributed by atoms with Gasteiger partial charge in [-0.3, -0.25) is 24.1 Å². The molecule has 2 aliphatic carbocycles. The zero-order chi connectivity index (χ0) is 29.3. The van der Waals surface area contributed by atoms with Crippen LogP contribution >= 0.6 is 11.3 Å². The highest BCUT2D eigenvalue weighted by Crippen LogP contribution is 2.64. The van der Waals surface area contributed by atoms with Crippen LogP contribution in [0.2, 0.25) is 0 Å². The van der Waals surface area contributed by atoms with Gasteiger partial charge in [0, 0.05) is 10.8 Å². The maximum atomic E-state index is 14.4. The van der Waals surface area contributed by atoms with Crippen molar-refractivity contribution < 1.29 is 29.0 Å². The first-order chi connectivity index (χ1) is 20.3. The Kier molecular flexibility index (Phi) is 6.13. The number of phenols is 1. The zero-order valence-electron chi connectivity index (χ0n) is 23.2. The lowest BCUT2D eigenvalue weighted by Crippen LogP contribution is -2.48. The van der Waals surface area contributed by atoms with Crippen molar-refractivity contribution in [3.8, 4) is 11.5 Å². The molecule has 3 heterocycles. The van der Waals surface area contributed by atoms with Crippen molar-refractivity contribution in [3.63, 3.8) is 0 Å². The van der Waals surface area contributed by atoms with E-state index in [1.807, 2.05) is 42.6 Å². The summed E-state index contributed by atoms with van der Waals surface area (Å²) in [6.07, 6.45) is 2.69. The van der Waals surface area contributed by atoms with Gasteiger partial charge in [0.05, 0.1) is 42.5 Å². The Morgan fingerprint density at radius 1 is 0.976 bits per heavy atom. The summed E-state index contributed by atoms with van der Waals surface area (Å²) in [5, 5.41) is 12.7. The summed E-state index contributed by atoms with van der Waals surface area (Å²) in [5.41, 5.74) is 0.891. The first-order valence-electron chi connectivity index (χ1n) is 14.1. The normalized spacial score (nSPS) is 30.2. The summed E-state index contributed by atoms with van der Waals surface area (Å²) in [5.74, 6) is -3.58. The van der Waals surface area contributed by atoms with E-state index in [0.29, 0.717) is 29.8 Å². The Morgan fingerprint density at radius 2 is 1.76 bits per heavy atom. The van der Waals surface area contributed by atoms with Crippen LogP contribution < -0.4 is 9.64 Å². The molecule has 214 valence electrons. The topological polar surface area (TPSA) is 104 Å². The molecule has 2 aliphatic heterocycles. The largest absolute Gasteiger partial charge is 0.504 e. The first kappa shape index (κ1) is 26.6. The molecule has 1 N–H and O–H groups in total. The minimum absolute atomic E-state index is 0.0718. The van der Waals surface area contributed by atoms with Crippen LogP contribution in [0, 0.1) is 29.1 Å². The second-order valence-corrected chi connectivity index (χ2v) is 12.8. The van der Waals surface area contributed by atoms with E-state index in [1.165, 1.54) is 28.2 Å². The molecule has 9 heteroatoms. The number of methoxy groups -OCH3 is 1. The number of phenolic OH excluding ortho intramolecular Hbond substituents is 1. The van der Waals surface area contributed by atoms with Crippen LogP contribution in [0.4, 0.5) is 5.69 Å². The monoisotopic (exact) mass is 582 g/mol. The molecule has 3 fully saturated rings. The Morgan fingerprint density at radius 3 is 2.45 bits per heavy atom. The number of carbonyl (C=O) groups excluding carboxylic acids is 4. The third kappa shape index (κ3) is 3.65. The average molecular weight is 583 g/mol. The maximum Gasteiger partial charge on any atom is 0.241 e. The van der Waals surface area contributed by atoms with E-state index in [9.17, 15) is 24.3 Å². The van der Waals surface area contributed by atoms with Gasteiger partial charge >= 0.3 is 0 Å². The molecule has 0 bridgehead atoms. The molecule has 0 spiro atoms. The smallest absolute Gasteiger partial charge is 0.241 e. The number of ether oxygens (including phenoxy) is 1. The van der Waals surface area contributed by atoms with Crippen molar-refractivity contribution in [1.82, 2.24) is 4.90 Å². The standard InChI is InChI=1S/C33H30N2O6S/c1-33-24(30(38)35(32(33)40)19-7-4-3-5-8-19)16-23-21(28(33)18-10-13-26(41-2)25(36)15-18)11-12-22-27(23)31(39)34(29(22)37)17-20-9-6-14-42-20/h3-11,13-15,22-24,27-28,36H,12,16-17H2,1-2H3/t22-,23+,24-,27-,28-,33+/m0/s1. The number of anilines is 1. The Balaban J connectivity index is 1.35. The highest BCUT2D eigenvalue weighted by Gasteiger charge is 2.67. The van der Waals surface area contributed by atoms with Gasteiger partial charge < -0.3 is 9.84 Å². The summed E-state index contributed by atoms with van der Waals surface area (Å²) in [7, 11) is 1.47. The SMILES string of the molecule is COc1ccc([C@H]2C3=CC[C@@H]4C(=O)N(Cc5cccs5)C(=O)[C@@H]4[C@@H]3C[C@H]3C(=O)N(c4ccccc4)C(=O)[C@@]23C)cc1O. The van der Waals surface area contributed by atoms with Gasteiger partial charge in [-0.25, -0.2) is 4.90 Å². The van der Waals surface area contributed by atoms with Crippen molar-refractivity contribution in [1.29, 1.82) is 0 Å². The fourth-order valence-corrected chi connectivity index (χ4v) is 8.58. The van der Waals surface area contributed by atoms with E-state index >= 15 is 0 Å². The number of benzene rings is 2. The van der Waals surface area contributed by atoms with E-state index in [0.717, 1.165) is 10.5 Å². The lowest BCUT2D eigenvalue weighted by molar-refractivity contribution is -0.141. The maximum absolute atomic E-state index is 14.4. The summed E-state index contributed by atoms with van der Waals surface area (Å²) in [6, 6.07) is 17.8. The second-order valence-electron chi connectivity index (χ2n) is 11.8. The Hall–Kier alpha value is -4.24. The Bertz CT molecular complexity index is 1650.